The number of hydrogen-bond acceptors (Lipinski definition) is 4. The molecule has 7 heteroatoms. The molecule has 1 N–H and O–H groups in total. The maximum absolute atomic E-state index is 12.2. The summed E-state index contributed by atoms with van der Waals surface area (Å²) < 4.78 is 0.977. The SMILES string of the molecule is CC(CN(C)C(=O)Cc1csc(-c2cccc(Br)c2)n1)C(=O)O. The lowest BCUT2D eigenvalue weighted by atomic mass is 10.1. The Kier molecular flexibility index (Phi) is 5.90. The second-order valence-corrected chi connectivity index (χ2v) is 7.12. The predicted octanol–water partition coefficient (Wildman–Crippen LogP) is 3.29. The molecule has 0 bridgehead atoms. The molecule has 0 aliphatic rings. The number of thiazole rings is 1. The molecule has 1 amide bonds. The van der Waals surface area contributed by atoms with E-state index in [0.717, 1.165) is 15.0 Å². The van der Waals surface area contributed by atoms with Gasteiger partial charge in [-0.25, -0.2) is 4.98 Å². The maximum atomic E-state index is 12.2. The number of amides is 1. The molecule has 1 aromatic heterocycles. The average Bonchev–Trinajstić information content (AvgIpc) is 2.95. The summed E-state index contributed by atoms with van der Waals surface area (Å²) in [6.07, 6.45) is 0.174. The number of carbonyl (C=O) groups is 2. The van der Waals surface area contributed by atoms with Crippen LogP contribution in [0.2, 0.25) is 0 Å². The first-order valence-corrected chi connectivity index (χ1v) is 8.71. The molecule has 2 aromatic rings. The Bertz CT molecular complexity index is 717. The highest BCUT2D eigenvalue weighted by molar-refractivity contribution is 9.10. The van der Waals surface area contributed by atoms with E-state index in [4.69, 9.17) is 5.11 Å². The van der Waals surface area contributed by atoms with Gasteiger partial charge in [0, 0.05) is 29.0 Å². The molecular formula is C16H17BrN2O3S. The average molecular weight is 397 g/mol. The van der Waals surface area contributed by atoms with Crippen molar-refractivity contribution in [2.24, 2.45) is 5.92 Å². The van der Waals surface area contributed by atoms with Gasteiger partial charge in [-0.3, -0.25) is 9.59 Å². The Morgan fingerprint density at radius 1 is 1.43 bits per heavy atom. The molecule has 1 aromatic carbocycles. The Morgan fingerprint density at radius 2 is 2.17 bits per heavy atom. The summed E-state index contributed by atoms with van der Waals surface area (Å²) >= 11 is 4.92. The van der Waals surface area contributed by atoms with Crippen molar-refractivity contribution in [1.29, 1.82) is 0 Å². The van der Waals surface area contributed by atoms with Crippen LogP contribution in [-0.2, 0) is 16.0 Å². The summed E-state index contributed by atoms with van der Waals surface area (Å²) in [6.45, 7) is 1.77. The third-order valence-corrected chi connectivity index (χ3v) is 4.78. The zero-order chi connectivity index (χ0) is 17.0. The van der Waals surface area contributed by atoms with Crippen LogP contribution in [0, 0.1) is 5.92 Å². The van der Waals surface area contributed by atoms with Gasteiger partial charge in [0.25, 0.3) is 0 Å². The third-order valence-electron chi connectivity index (χ3n) is 3.35. The molecule has 5 nitrogen and oxygen atoms in total. The fraction of sp³-hybridized carbons (Fsp3) is 0.312. The molecule has 0 aliphatic carbocycles. The van der Waals surface area contributed by atoms with E-state index >= 15 is 0 Å². The Morgan fingerprint density at radius 3 is 2.83 bits per heavy atom. The van der Waals surface area contributed by atoms with Gasteiger partial charge in [-0.2, -0.15) is 0 Å². The summed E-state index contributed by atoms with van der Waals surface area (Å²) in [5.74, 6) is -1.63. The quantitative estimate of drug-likeness (QED) is 0.812. The van der Waals surface area contributed by atoms with Crippen molar-refractivity contribution in [2.75, 3.05) is 13.6 Å². The highest BCUT2D eigenvalue weighted by atomic mass is 79.9. The van der Waals surface area contributed by atoms with Crippen molar-refractivity contribution in [3.63, 3.8) is 0 Å². The van der Waals surface area contributed by atoms with Crippen LogP contribution >= 0.6 is 27.3 Å². The van der Waals surface area contributed by atoms with E-state index in [9.17, 15) is 9.59 Å². The normalized spacial score (nSPS) is 12.0. The number of carbonyl (C=O) groups excluding carboxylic acids is 1. The van der Waals surface area contributed by atoms with Gasteiger partial charge in [-0.05, 0) is 12.1 Å². The highest BCUT2D eigenvalue weighted by Crippen LogP contribution is 2.26. The molecule has 23 heavy (non-hydrogen) atoms. The first-order chi connectivity index (χ1) is 10.9. The molecule has 1 atom stereocenters. The van der Waals surface area contributed by atoms with Crippen LogP contribution in [0.15, 0.2) is 34.1 Å². The Labute approximate surface area is 147 Å². The summed E-state index contributed by atoms with van der Waals surface area (Å²) in [4.78, 5) is 28.9. The zero-order valence-electron chi connectivity index (χ0n) is 12.8. The van der Waals surface area contributed by atoms with E-state index < -0.39 is 11.9 Å². The number of carboxylic acid groups (broad SMARTS) is 1. The van der Waals surface area contributed by atoms with Gasteiger partial charge >= 0.3 is 5.97 Å². The molecule has 122 valence electrons. The summed E-state index contributed by atoms with van der Waals surface area (Å²) in [7, 11) is 1.61. The molecule has 1 heterocycles. The second kappa shape index (κ2) is 7.70. The fourth-order valence-corrected chi connectivity index (χ4v) is 3.24. The van der Waals surface area contributed by atoms with E-state index in [0.29, 0.717) is 5.69 Å². The van der Waals surface area contributed by atoms with Crippen molar-refractivity contribution in [1.82, 2.24) is 9.88 Å². The van der Waals surface area contributed by atoms with E-state index in [2.05, 4.69) is 20.9 Å². The first-order valence-electron chi connectivity index (χ1n) is 7.04. The van der Waals surface area contributed by atoms with Crippen LogP contribution in [-0.4, -0.2) is 40.5 Å². The van der Waals surface area contributed by atoms with Gasteiger partial charge < -0.3 is 10.0 Å². The van der Waals surface area contributed by atoms with Gasteiger partial charge in [0.1, 0.15) is 5.01 Å². The lowest BCUT2D eigenvalue weighted by Gasteiger charge is -2.18. The van der Waals surface area contributed by atoms with E-state index in [-0.39, 0.29) is 18.9 Å². The number of likely N-dealkylation sites (N-methyl/N-ethyl adjacent to an activating group) is 1. The summed E-state index contributed by atoms with van der Waals surface area (Å²) in [6, 6.07) is 7.83. The van der Waals surface area contributed by atoms with Crippen molar-refractivity contribution in [2.45, 2.75) is 13.3 Å². The standard InChI is InChI=1S/C16H17BrN2O3S/c1-10(16(21)22)8-19(2)14(20)7-13-9-23-15(18-13)11-4-3-5-12(17)6-11/h3-6,9-10H,7-8H2,1-2H3,(H,21,22). The van der Waals surface area contributed by atoms with Gasteiger partial charge in [0.15, 0.2) is 0 Å². The van der Waals surface area contributed by atoms with Crippen LogP contribution in [0.25, 0.3) is 10.6 Å². The minimum Gasteiger partial charge on any atom is -0.481 e. The molecule has 0 saturated carbocycles. The third kappa shape index (κ3) is 4.87. The summed E-state index contributed by atoms with van der Waals surface area (Å²) in [5, 5.41) is 11.6. The van der Waals surface area contributed by atoms with E-state index in [1.165, 1.54) is 16.2 Å². The number of rotatable bonds is 6. The number of halogens is 1. The Balaban J connectivity index is 2.01. The van der Waals surface area contributed by atoms with Crippen LogP contribution in [0.5, 0.6) is 0 Å². The monoisotopic (exact) mass is 396 g/mol. The van der Waals surface area contributed by atoms with Gasteiger partial charge in [-0.1, -0.05) is 35.0 Å². The molecule has 0 saturated heterocycles. The van der Waals surface area contributed by atoms with Crippen LogP contribution in [0.3, 0.4) is 0 Å². The van der Waals surface area contributed by atoms with E-state index in [1.54, 1.807) is 14.0 Å². The second-order valence-electron chi connectivity index (χ2n) is 5.34. The number of aromatic nitrogens is 1. The first kappa shape index (κ1) is 17.6. The van der Waals surface area contributed by atoms with Crippen molar-refractivity contribution in [3.8, 4) is 10.6 Å². The van der Waals surface area contributed by atoms with E-state index in [1.807, 2.05) is 29.6 Å². The molecule has 0 spiro atoms. The topological polar surface area (TPSA) is 70.5 Å². The van der Waals surface area contributed by atoms with Crippen molar-refractivity contribution < 1.29 is 14.7 Å². The lowest BCUT2D eigenvalue weighted by molar-refractivity contribution is -0.142. The molecule has 0 aliphatic heterocycles. The van der Waals surface area contributed by atoms with Crippen LogP contribution in [0.4, 0.5) is 0 Å². The number of nitrogens with zero attached hydrogens (tertiary/aromatic N) is 2. The minimum atomic E-state index is -0.907. The molecule has 0 fully saturated rings. The molecule has 0 radical (unpaired) electrons. The number of benzene rings is 1. The smallest absolute Gasteiger partial charge is 0.308 e. The Hall–Kier alpha value is -1.73. The predicted molar refractivity (Wildman–Crippen MR) is 93.4 cm³/mol. The van der Waals surface area contributed by atoms with Gasteiger partial charge in [0.2, 0.25) is 5.91 Å². The molecule has 2 rings (SSSR count). The largest absolute Gasteiger partial charge is 0.481 e. The number of aliphatic carboxylic acids is 1. The highest BCUT2D eigenvalue weighted by Gasteiger charge is 2.18. The summed E-state index contributed by atoms with van der Waals surface area (Å²) in [5.41, 5.74) is 1.70. The van der Waals surface area contributed by atoms with Crippen molar-refractivity contribution >= 4 is 39.1 Å². The zero-order valence-corrected chi connectivity index (χ0v) is 15.2. The number of hydrogen-bond donors (Lipinski definition) is 1. The fourth-order valence-electron chi connectivity index (χ4n) is 2.02. The number of carboxylic acids is 1. The lowest BCUT2D eigenvalue weighted by Crippen LogP contribution is -2.34. The van der Waals surface area contributed by atoms with Crippen molar-refractivity contribution in [3.05, 3.63) is 39.8 Å². The van der Waals surface area contributed by atoms with Gasteiger partial charge in [-0.15, -0.1) is 11.3 Å². The van der Waals surface area contributed by atoms with Crippen LogP contribution in [0.1, 0.15) is 12.6 Å². The maximum Gasteiger partial charge on any atom is 0.308 e. The minimum absolute atomic E-state index is 0.135. The van der Waals surface area contributed by atoms with Crippen LogP contribution < -0.4 is 0 Å². The van der Waals surface area contributed by atoms with Gasteiger partial charge in [0.05, 0.1) is 18.0 Å². The molecular weight excluding hydrogens is 380 g/mol. The molecule has 1 unspecified atom stereocenters.